The molecule has 116 valence electrons. The van der Waals surface area contributed by atoms with Gasteiger partial charge in [-0.3, -0.25) is 9.59 Å². The maximum absolute atomic E-state index is 12.1. The molecule has 0 aromatic heterocycles. The van der Waals surface area contributed by atoms with Crippen molar-refractivity contribution in [3.8, 4) is 0 Å². The maximum atomic E-state index is 12.1. The molecule has 0 radical (unpaired) electrons. The van der Waals surface area contributed by atoms with Crippen molar-refractivity contribution in [1.82, 2.24) is 5.32 Å². The van der Waals surface area contributed by atoms with E-state index in [-0.39, 0.29) is 29.8 Å². The van der Waals surface area contributed by atoms with Crippen LogP contribution in [0.2, 0.25) is 0 Å². The Hall–Kier alpha value is -1.10. The zero-order valence-electron chi connectivity index (χ0n) is 12.6. The van der Waals surface area contributed by atoms with E-state index in [1.807, 2.05) is 13.8 Å². The molecule has 0 aromatic carbocycles. The SMILES string of the molecule is CC(N)CCCC(C)C(=O)NC1CCCC(C(=O)O)C1. The highest BCUT2D eigenvalue weighted by Gasteiger charge is 2.28. The Balaban J connectivity index is 2.31. The summed E-state index contributed by atoms with van der Waals surface area (Å²) in [4.78, 5) is 23.1. The molecule has 0 saturated heterocycles. The zero-order chi connectivity index (χ0) is 15.1. The normalized spacial score (nSPS) is 25.8. The number of carbonyl (C=O) groups is 2. The van der Waals surface area contributed by atoms with Gasteiger partial charge in [-0.05, 0) is 39.0 Å². The van der Waals surface area contributed by atoms with Crippen LogP contribution in [-0.2, 0) is 9.59 Å². The van der Waals surface area contributed by atoms with Crippen LogP contribution in [0.4, 0.5) is 0 Å². The van der Waals surface area contributed by atoms with Crippen LogP contribution < -0.4 is 11.1 Å². The number of carbonyl (C=O) groups excluding carboxylic acids is 1. The van der Waals surface area contributed by atoms with Gasteiger partial charge in [0.25, 0.3) is 0 Å². The molecule has 0 aromatic rings. The first-order valence-electron chi connectivity index (χ1n) is 7.69. The van der Waals surface area contributed by atoms with Gasteiger partial charge in [-0.2, -0.15) is 0 Å². The molecule has 1 fully saturated rings. The number of amides is 1. The van der Waals surface area contributed by atoms with Gasteiger partial charge in [0.15, 0.2) is 0 Å². The molecule has 0 bridgehead atoms. The lowest BCUT2D eigenvalue weighted by atomic mass is 9.85. The molecule has 20 heavy (non-hydrogen) atoms. The molecule has 0 spiro atoms. The third-order valence-corrected chi connectivity index (χ3v) is 4.11. The van der Waals surface area contributed by atoms with E-state index in [9.17, 15) is 9.59 Å². The highest BCUT2D eigenvalue weighted by molar-refractivity contribution is 5.78. The van der Waals surface area contributed by atoms with Crippen LogP contribution >= 0.6 is 0 Å². The lowest BCUT2D eigenvalue weighted by Gasteiger charge is -2.28. The highest BCUT2D eigenvalue weighted by atomic mass is 16.4. The minimum absolute atomic E-state index is 0.0215. The van der Waals surface area contributed by atoms with E-state index in [2.05, 4.69) is 5.32 Å². The van der Waals surface area contributed by atoms with Crippen LogP contribution in [0.5, 0.6) is 0 Å². The van der Waals surface area contributed by atoms with Crippen LogP contribution in [0.1, 0.15) is 58.8 Å². The van der Waals surface area contributed by atoms with Gasteiger partial charge in [0.1, 0.15) is 0 Å². The number of rotatable bonds is 7. The van der Waals surface area contributed by atoms with Crippen molar-refractivity contribution in [2.24, 2.45) is 17.6 Å². The van der Waals surface area contributed by atoms with Crippen molar-refractivity contribution in [3.63, 3.8) is 0 Å². The largest absolute Gasteiger partial charge is 0.481 e. The molecule has 5 heteroatoms. The summed E-state index contributed by atoms with van der Waals surface area (Å²) in [6.45, 7) is 3.90. The van der Waals surface area contributed by atoms with E-state index in [0.29, 0.717) is 6.42 Å². The van der Waals surface area contributed by atoms with Gasteiger partial charge in [0.2, 0.25) is 5.91 Å². The third kappa shape index (κ3) is 5.90. The highest BCUT2D eigenvalue weighted by Crippen LogP contribution is 2.24. The molecule has 0 heterocycles. The summed E-state index contributed by atoms with van der Waals surface area (Å²) in [7, 11) is 0. The quantitative estimate of drug-likeness (QED) is 0.665. The Labute approximate surface area is 121 Å². The summed E-state index contributed by atoms with van der Waals surface area (Å²) in [6.07, 6.45) is 5.78. The number of aliphatic carboxylic acids is 1. The predicted molar refractivity (Wildman–Crippen MR) is 78.2 cm³/mol. The molecule has 4 N–H and O–H groups in total. The van der Waals surface area contributed by atoms with Crippen molar-refractivity contribution in [1.29, 1.82) is 0 Å². The maximum Gasteiger partial charge on any atom is 0.306 e. The van der Waals surface area contributed by atoms with Crippen molar-refractivity contribution in [2.75, 3.05) is 0 Å². The second-order valence-corrected chi connectivity index (χ2v) is 6.22. The Kier molecular flexibility index (Phi) is 6.99. The van der Waals surface area contributed by atoms with Crippen LogP contribution in [0.3, 0.4) is 0 Å². The second-order valence-electron chi connectivity index (χ2n) is 6.22. The fourth-order valence-corrected chi connectivity index (χ4v) is 2.77. The van der Waals surface area contributed by atoms with Gasteiger partial charge in [0.05, 0.1) is 5.92 Å². The third-order valence-electron chi connectivity index (χ3n) is 4.11. The average molecular weight is 284 g/mol. The van der Waals surface area contributed by atoms with Crippen molar-refractivity contribution < 1.29 is 14.7 Å². The first-order chi connectivity index (χ1) is 9.40. The van der Waals surface area contributed by atoms with Crippen LogP contribution in [0.15, 0.2) is 0 Å². The lowest BCUT2D eigenvalue weighted by molar-refractivity contribution is -0.143. The van der Waals surface area contributed by atoms with Crippen molar-refractivity contribution in [2.45, 2.75) is 70.9 Å². The van der Waals surface area contributed by atoms with E-state index < -0.39 is 5.97 Å². The average Bonchev–Trinajstić information content (AvgIpc) is 2.38. The summed E-state index contributed by atoms with van der Waals surface area (Å²) in [5.41, 5.74) is 5.69. The molecule has 1 aliphatic carbocycles. The molecular formula is C15H28N2O3. The molecular weight excluding hydrogens is 256 g/mol. The van der Waals surface area contributed by atoms with Crippen LogP contribution in [-0.4, -0.2) is 29.1 Å². The van der Waals surface area contributed by atoms with Gasteiger partial charge < -0.3 is 16.2 Å². The summed E-state index contributed by atoms with van der Waals surface area (Å²) in [5, 5.41) is 12.1. The molecule has 1 rings (SSSR count). The number of nitrogens with one attached hydrogen (secondary N) is 1. The minimum Gasteiger partial charge on any atom is -0.481 e. The molecule has 4 atom stereocenters. The molecule has 5 nitrogen and oxygen atoms in total. The first kappa shape index (κ1) is 17.0. The van der Waals surface area contributed by atoms with Gasteiger partial charge >= 0.3 is 5.97 Å². The van der Waals surface area contributed by atoms with E-state index in [0.717, 1.165) is 38.5 Å². The van der Waals surface area contributed by atoms with E-state index in [1.54, 1.807) is 0 Å². The summed E-state index contributed by atoms with van der Waals surface area (Å²) in [5.74, 6) is -1.03. The number of hydrogen-bond acceptors (Lipinski definition) is 3. The number of carboxylic acids is 1. The van der Waals surface area contributed by atoms with Crippen LogP contribution in [0.25, 0.3) is 0 Å². The first-order valence-corrected chi connectivity index (χ1v) is 7.69. The smallest absolute Gasteiger partial charge is 0.306 e. The molecule has 1 aliphatic rings. The van der Waals surface area contributed by atoms with E-state index in [1.165, 1.54) is 0 Å². The van der Waals surface area contributed by atoms with E-state index >= 15 is 0 Å². The standard InChI is InChI=1S/C15H28N2O3/c1-10(5-3-6-11(2)16)14(18)17-13-8-4-7-12(9-13)15(19)20/h10-13H,3-9,16H2,1-2H3,(H,17,18)(H,19,20). The topological polar surface area (TPSA) is 92.4 Å². The molecule has 0 aliphatic heterocycles. The zero-order valence-corrected chi connectivity index (χ0v) is 12.6. The number of nitrogens with two attached hydrogens (primary N) is 1. The molecule has 4 unspecified atom stereocenters. The minimum atomic E-state index is -0.742. The van der Waals surface area contributed by atoms with Crippen LogP contribution in [0, 0.1) is 11.8 Å². The lowest BCUT2D eigenvalue weighted by Crippen LogP contribution is -2.42. The van der Waals surface area contributed by atoms with Crippen molar-refractivity contribution >= 4 is 11.9 Å². The second kappa shape index (κ2) is 8.25. The fourth-order valence-electron chi connectivity index (χ4n) is 2.77. The van der Waals surface area contributed by atoms with Gasteiger partial charge in [-0.15, -0.1) is 0 Å². The Bertz CT molecular complexity index is 331. The summed E-state index contributed by atoms with van der Waals surface area (Å²) >= 11 is 0. The monoisotopic (exact) mass is 284 g/mol. The van der Waals surface area contributed by atoms with Gasteiger partial charge in [0, 0.05) is 18.0 Å². The fraction of sp³-hybridized carbons (Fsp3) is 0.867. The summed E-state index contributed by atoms with van der Waals surface area (Å²) in [6, 6.07) is 0.202. The van der Waals surface area contributed by atoms with Gasteiger partial charge in [-0.1, -0.05) is 19.8 Å². The Morgan fingerprint density at radius 3 is 2.60 bits per heavy atom. The number of carboxylic acid groups (broad SMARTS) is 1. The summed E-state index contributed by atoms with van der Waals surface area (Å²) < 4.78 is 0. The Morgan fingerprint density at radius 2 is 2.00 bits per heavy atom. The molecule has 1 amide bonds. The predicted octanol–water partition coefficient (Wildman–Crippen LogP) is 1.90. The number of hydrogen-bond donors (Lipinski definition) is 3. The van der Waals surface area contributed by atoms with E-state index in [4.69, 9.17) is 10.8 Å². The van der Waals surface area contributed by atoms with Crippen molar-refractivity contribution in [3.05, 3.63) is 0 Å². The Morgan fingerprint density at radius 1 is 1.30 bits per heavy atom. The van der Waals surface area contributed by atoms with Gasteiger partial charge in [-0.25, -0.2) is 0 Å². The molecule has 1 saturated carbocycles.